The molecule has 0 aliphatic carbocycles. The van der Waals surface area contributed by atoms with Gasteiger partial charge in [-0.25, -0.2) is 4.79 Å². The van der Waals surface area contributed by atoms with Crippen molar-refractivity contribution < 1.29 is 152 Å². The largest absolute Gasteiger partial charge is 0.481 e. The van der Waals surface area contributed by atoms with Crippen molar-refractivity contribution in [1.29, 1.82) is 0 Å². The summed E-state index contributed by atoms with van der Waals surface area (Å²) in [6.45, 7) is 13.3. The topological polar surface area (TPSA) is 413 Å². The number of carbonyl (C=O) groups excluding carboxylic acids is 15. The molecule has 510 valence electrons. The minimum atomic E-state index is -2.30. The summed E-state index contributed by atoms with van der Waals surface area (Å²) in [6.07, 6.45) is -8.30. The van der Waals surface area contributed by atoms with E-state index in [1.54, 1.807) is 0 Å². The van der Waals surface area contributed by atoms with Gasteiger partial charge in [0.05, 0.1) is 11.5 Å². The highest BCUT2D eigenvalue weighted by molar-refractivity contribution is 5.93. The van der Waals surface area contributed by atoms with Gasteiger partial charge < -0.3 is 80.5 Å². The van der Waals surface area contributed by atoms with Crippen molar-refractivity contribution in [3.8, 4) is 86.2 Å². The zero-order chi connectivity index (χ0) is 71.8. The summed E-state index contributed by atoms with van der Waals surface area (Å²) in [6, 6.07) is 8.90. The Morgan fingerprint density at radius 1 is 0.309 bits per heavy atom. The van der Waals surface area contributed by atoms with Gasteiger partial charge >= 0.3 is 89.5 Å². The molecule has 0 spiro atoms. The average molecular weight is 1350 g/mol. The van der Waals surface area contributed by atoms with E-state index >= 15 is 4.79 Å². The number of ether oxygens (including phenoxy) is 17. The van der Waals surface area contributed by atoms with Crippen LogP contribution in [-0.4, -0.2) is 102 Å². The van der Waals surface area contributed by atoms with Crippen molar-refractivity contribution >= 4 is 89.5 Å². The fourth-order valence-electron chi connectivity index (χ4n) is 10.1. The van der Waals surface area contributed by atoms with Gasteiger partial charge in [0.1, 0.15) is 40.6 Å². The van der Waals surface area contributed by atoms with Crippen LogP contribution in [0.5, 0.6) is 86.2 Å². The minimum Gasteiger partial charge on any atom is -0.481 e. The Kier molecular flexibility index (Phi) is 22.5. The molecule has 0 radical (unpaired) electrons. The Labute approximate surface area is 548 Å². The first-order valence-electron chi connectivity index (χ1n) is 28.5. The lowest BCUT2D eigenvalue weighted by Crippen LogP contribution is -2.40. The Morgan fingerprint density at radius 2 is 0.639 bits per heavy atom. The van der Waals surface area contributed by atoms with Crippen molar-refractivity contribution in [2.24, 2.45) is 0 Å². The number of hydrogen-bond acceptors (Lipinski definition) is 32. The SMILES string of the molecule is CC(=O)Oc1cc(OC(C)=O)c2c(c1)OC(c1cc(OC(C)=O)c(OC(C)=O)c(OC(C)=O)c1)C(OC(=O)c1cc(OC(C)=O)c(OC(C)=O)c(OC(C)=O)c1)C2c1c(OC(C)=O)cc2c(c1OC(C)=O)CC(OC(C)=O)C(c1cc(OC(C)=O)c(OC(C)=O)c(OC(C)=O)c1)O2. The third-order valence-electron chi connectivity index (χ3n) is 12.8. The van der Waals surface area contributed by atoms with E-state index in [0.29, 0.717) is 0 Å². The summed E-state index contributed by atoms with van der Waals surface area (Å²) in [5.41, 5.74) is -2.52. The summed E-state index contributed by atoms with van der Waals surface area (Å²) < 4.78 is 97.8. The molecule has 5 aromatic rings. The van der Waals surface area contributed by atoms with Crippen LogP contribution < -0.4 is 71.1 Å². The molecule has 2 aliphatic rings. The molecule has 32 heteroatoms. The van der Waals surface area contributed by atoms with Gasteiger partial charge in [-0.15, -0.1) is 0 Å². The second-order valence-electron chi connectivity index (χ2n) is 20.9. The summed E-state index contributed by atoms with van der Waals surface area (Å²) in [4.78, 5) is 197. The monoisotopic (exact) mass is 1350 g/mol. The molecule has 0 bridgehead atoms. The number of fused-ring (bicyclic) bond motifs is 2. The van der Waals surface area contributed by atoms with Crippen LogP contribution in [0.25, 0.3) is 0 Å². The van der Waals surface area contributed by atoms with Crippen LogP contribution in [0, 0.1) is 0 Å². The van der Waals surface area contributed by atoms with Gasteiger partial charge in [-0.3, -0.25) is 67.1 Å². The highest BCUT2D eigenvalue weighted by Crippen LogP contribution is 2.60. The van der Waals surface area contributed by atoms with Crippen LogP contribution in [0.1, 0.15) is 153 Å². The Hall–Kier alpha value is -12.3. The maximum atomic E-state index is 15.6. The van der Waals surface area contributed by atoms with Crippen LogP contribution in [-0.2, 0) is 83.0 Å². The maximum Gasteiger partial charge on any atom is 0.338 e. The van der Waals surface area contributed by atoms with Gasteiger partial charge in [0.25, 0.3) is 0 Å². The Morgan fingerprint density at radius 3 is 1.01 bits per heavy atom. The molecule has 0 fully saturated rings. The summed E-state index contributed by atoms with van der Waals surface area (Å²) >= 11 is 0. The van der Waals surface area contributed by atoms with Crippen molar-refractivity contribution in [3.63, 3.8) is 0 Å². The third-order valence-corrected chi connectivity index (χ3v) is 12.8. The highest BCUT2D eigenvalue weighted by atomic mass is 16.6. The molecular weight excluding hydrogens is 1290 g/mol. The van der Waals surface area contributed by atoms with E-state index in [9.17, 15) is 67.1 Å². The minimum absolute atomic E-state index is 0.134. The molecule has 0 aromatic heterocycles. The smallest absolute Gasteiger partial charge is 0.338 e. The second-order valence-corrected chi connectivity index (χ2v) is 20.9. The van der Waals surface area contributed by atoms with E-state index in [0.717, 1.165) is 152 Å². The number of esters is 15. The fraction of sp³-hybridized carbons (Fsp3) is 0.308. The maximum absolute atomic E-state index is 15.6. The third kappa shape index (κ3) is 18.1. The van der Waals surface area contributed by atoms with E-state index in [1.165, 1.54) is 0 Å². The Balaban J connectivity index is 1.70. The molecule has 7 rings (SSSR count). The average Bonchev–Trinajstić information content (AvgIpc) is 0.720. The lowest BCUT2D eigenvalue weighted by atomic mass is 9.77. The molecule has 2 aliphatic heterocycles. The zero-order valence-corrected chi connectivity index (χ0v) is 53.9. The van der Waals surface area contributed by atoms with Crippen LogP contribution in [0.3, 0.4) is 0 Å². The van der Waals surface area contributed by atoms with Gasteiger partial charge in [-0.05, 0) is 36.4 Å². The molecule has 0 N–H and O–H groups in total. The van der Waals surface area contributed by atoms with Gasteiger partial charge in [0.15, 0.2) is 52.8 Å². The van der Waals surface area contributed by atoms with Gasteiger partial charge in [0, 0.05) is 149 Å². The molecule has 97 heavy (non-hydrogen) atoms. The van der Waals surface area contributed by atoms with Crippen LogP contribution in [0.4, 0.5) is 0 Å². The van der Waals surface area contributed by atoms with E-state index in [1.807, 2.05) is 0 Å². The predicted octanol–water partition coefficient (Wildman–Crippen LogP) is 6.81. The molecule has 32 nitrogen and oxygen atoms in total. The lowest BCUT2D eigenvalue weighted by Gasteiger charge is -2.42. The predicted molar refractivity (Wildman–Crippen MR) is 316 cm³/mol. The second kappa shape index (κ2) is 30.2. The molecule has 5 atom stereocenters. The molecule has 0 saturated carbocycles. The van der Waals surface area contributed by atoms with Crippen LogP contribution in [0.2, 0.25) is 0 Å². The number of rotatable bonds is 19. The molecule has 2 heterocycles. The van der Waals surface area contributed by atoms with Gasteiger partial charge in [-0.2, -0.15) is 0 Å². The van der Waals surface area contributed by atoms with Gasteiger partial charge in [0.2, 0.25) is 17.2 Å². The molecule has 5 aromatic carbocycles. The normalized spacial score (nSPS) is 15.5. The number of carbonyl (C=O) groups is 15. The molecule has 0 saturated heterocycles. The number of benzene rings is 5. The Bertz CT molecular complexity index is 4080. The lowest BCUT2D eigenvalue weighted by molar-refractivity contribution is -0.153. The summed E-state index contributed by atoms with van der Waals surface area (Å²) in [7, 11) is 0. The summed E-state index contributed by atoms with van der Waals surface area (Å²) in [5.74, 6) is -27.5. The first kappa shape index (κ1) is 72.2. The zero-order valence-electron chi connectivity index (χ0n) is 53.9. The highest BCUT2D eigenvalue weighted by Gasteiger charge is 2.51. The number of hydrogen-bond donors (Lipinski definition) is 0. The molecular formula is C65H58O32. The first-order chi connectivity index (χ1) is 45.5. The standard InChI is InChI=1S/C65H58O32/c1-25(66)81-42-21-45(82-26(2)67)55-46(22-42)96-59(40-17-50(86-30(6)71)62(93-37(13)78)51(18-40)87-31(7)72)64(97-65(80)41-19-52(88-32(8)73)63(94-38(14)79)53(20-41)89-33(9)74)57(55)56-47(83-27(3)68)24-44-43(60(56)91-35(11)76)23-54(90-34(10)75)58(95-44)39-15-48(84-28(4)69)61(92-36(12)77)49(16-39)85-29(5)70/h15-22,24,54,57-59,64H,23H2,1-14H3. The van der Waals surface area contributed by atoms with Gasteiger partial charge in [-0.1, -0.05) is 0 Å². The quantitative estimate of drug-likeness (QED) is 0.0604. The van der Waals surface area contributed by atoms with Crippen molar-refractivity contribution in [2.75, 3.05) is 0 Å². The van der Waals surface area contributed by atoms with Crippen LogP contribution in [0.15, 0.2) is 54.6 Å². The molecule has 5 unspecified atom stereocenters. The van der Waals surface area contributed by atoms with Crippen molar-refractivity contribution in [3.05, 3.63) is 88.0 Å². The summed E-state index contributed by atoms with van der Waals surface area (Å²) in [5, 5.41) is 0. The first-order valence-corrected chi connectivity index (χ1v) is 28.5. The van der Waals surface area contributed by atoms with Crippen molar-refractivity contribution in [1.82, 2.24) is 0 Å². The van der Waals surface area contributed by atoms with E-state index in [4.69, 9.17) is 80.5 Å². The fourth-order valence-corrected chi connectivity index (χ4v) is 10.1. The van der Waals surface area contributed by atoms with E-state index in [2.05, 4.69) is 0 Å². The molecule has 0 amide bonds. The van der Waals surface area contributed by atoms with E-state index < -0.39 is 229 Å². The van der Waals surface area contributed by atoms with Crippen LogP contribution >= 0.6 is 0 Å². The van der Waals surface area contributed by atoms with Crippen molar-refractivity contribution in [2.45, 2.75) is 134 Å². The van der Waals surface area contributed by atoms with E-state index in [-0.39, 0.29) is 16.9 Å².